The molecule has 1 fully saturated rings. The molecule has 1 aliphatic carbocycles. The standard InChI is InChI=1S/C22H30N4O.HI/c1-3-23-22(24-15-7-12-21(27)26-18-13-14-18)25-16(2)19-11-6-9-17-8-4-5-10-20(17)19;/h4-6,8-11,16,18H,3,7,12-15H2,1-2H3,(H,26,27)(H2,23,24,25);1H. The van der Waals surface area contributed by atoms with Crippen molar-refractivity contribution in [3.63, 3.8) is 0 Å². The summed E-state index contributed by atoms with van der Waals surface area (Å²) in [6, 6.07) is 15.4. The molecule has 0 bridgehead atoms. The number of benzene rings is 2. The van der Waals surface area contributed by atoms with Gasteiger partial charge in [-0.3, -0.25) is 9.79 Å². The van der Waals surface area contributed by atoms with E-state index in [1.807, 2.05) is 0 Å². The minimum absolute atomic E-state index is 0. The van der Waals surface area contributed by atoms with Gasteiger partial charge < -0.3 is 16.0 Å². The number of amides is 1. The molecule has 28 heavy (non-hydrogen) atoms. The Kier molecular flexibility index (Phi) is 9.02. The highest BCUT2D eigenvalue weighted by Crippen LogP contribution is 2.24. The van der Waals surface area contributed by atoms with Crippen molar-refractivity contribution in [1.29, 1.82) is 0 Å². The third-order valence-corrected chi connectivity index (χ3v) is 4.76. The first-order valence-corrected chi connectivity index (χ1v) is 9.99. The van der Waals surface area contributed by atoms with Crippen LogP contribution in [0, 0.1) is 0 Å². The van der Waals surface area contributed by atoms with Gasteiger partial charge >= 0.3 is 0 Å². The zero-order valence-electron chi connectivity index (χ0n) is 16.7. The molecule has 2 aromatic carbocycles. The van der Waals surface area contributed by atoms with Gasteiger partial charge in [0.05, 0.1) is 6.04 Å². The monoisotopic (exact) mass is 494 g/mol. The van der Waals surface area contributed by atoms with Crippen LogP contribution < -0.4 is 16.0 Å². The SMILES string of the molecule is CCNC(=NCCCC(=O)NC1CC1)NC(C)c1cccc2ccccc12.I. The van der Waals surface area contributed by atoms with Crippen LogP contribution in [0.25, 0.3) is 10.8 Å². The molecule has 3 rings (SSSR count). The number of nitrogens with one attached hydrogen (secondary N) is 3. The number of carbonyl (C=O) groups excluding carboxylic acids is 1. The van der Waals surface area contributed by atoms with Crippen LogP contribution in [0.5, 0.6) is 0 Å². The Balaban J connectivity index is 0.00000280. The Hall–Kier alpha value is -1.83. The van der Waals surface area contributed by atoms with Crippen molar-refractivity contribution >= 4 is 46.6 Å². The smallest absolute Gasteiger partial charge is 0.220 e. The first-order chi connectivity index (χ1) is 13.2. The summed E-state index contributed by atoms with van der Waals surface area (Å²) < 4.78 is 0. The largest absolute Gasteiger partial charge is 0.357 e. The van der Waals surface area contributed by atoms with Crippen LogP contribution in [-0.2, 0) is 4.79 Å². The second kappa shape index (κ2) is 11.2. The molecule has 3 N–H and O–H groups in total. The number of halogens is 1. The van der Waals surface area contributed by atoms with Crippen LogP contribution in [0.2, 0.25) is 0 Å². The van der Waals surface area contributed by atoms with Crippen LogP contribution in [0.15, 0.2) is 47.5 Å². The van der Waals surface area contributed by atoms with Crippen LogP contribution in [0.1, 0.15) is 51.1 Å². The third kappa shape index (κ3) is 6.65. The lowest BCUT2D eigenvalue weighted by atomic mass is 10.00. The first kappa shape index (κ1) is 22.5. The van der Waals surface area contributed by atoms with Gasteiger partial charge in [0.25, 0.3) is 0 Å². The number of hydrogen-bond acceptors (Lipinski definition) is 2. The topological polar surface area (TPSA) is 65.5 Å². The molecule has 1 saturated carbocycles. The summed E-state index contributed by atoms with van der Waals surface area (Å²) in [7, 11) is 0. The minimum Gasteiger partial charge on any atom is -0.357 e. The molecule has 2 aromatic rings. The average Bonchev–Trinajstić information content (AvgIpc) is 3.48. The van der Waals surface area contributed by atoms with Gasteiger partial charge in [-0.25, -0.2) is 0 Å². The molecule has 0 radical (unpaired) electrons. The summed E-state index contributed by atoms with van der Waals surface area (Å²) in [4.78, 5) is 16.4. The van der Waals surface area contributed by atoms with E-state index in [1.54, 1.807) is 0 Å². The van der Waals surface area contributed by atoms with E-state index in [1.165, 1.54) is 16.3 Å². The minimum atomic E-state index is 0. The maximum atomic E-state index is 11.8. The lowest BCUT2D eigenvalue weighted by Crippen LogP contribution is -2.39. The second-order valence-corrected chi connectivity index (χ2v) is 7.14. The molecular weight excluding hydrogens is 463 g/mol. The van der Waals surface area contributed by atoms with Crippen LogP contribution in [0.4, 0.5) is 0 Å². The van der Waals surface area contributed by atoms with Gasteiger partial charge in [-0.1, -0.05) is 42.5 Å². The molecule has 0 spiro atoms. The quantitative estimate of drug-likeness (QED) is 0.224. The predicted molar refractivity (Wildman–Crippen MR) is 127 cm³/mol. The molecule has 5 nitrogen and oxygen atoms in total. The highest BCUT2D eigenvalue weighted by molar-refractivity contribution is 14.0. The van der Waals surface area contributed by atoms with E-state index < -0.39 is 0 Å². The van der Waals surface area contributed by atoms with E-state index in [0.717, 1.165) is 31.8 Å². The van der Waals surface area contributed by atoms with Crippen molar-refractivity contribution in [3.05, 3.63) is 48.0 Å². The van der Waals surface area contributed by atoms with Gasteiger partial charge in [-0.15, -0.1) is 24.0 Å². The van der Waals surface area contributed by atoms with Gasteiger partial charge in [0.2, 0.25) is 5.91 Å². The molecule has 0 aliphatic heterocycles. The van der Waals surface area contributed by atoms with E-state index in [9.17, 15) is 4.79 Å². The second-order valence-electron chi connectivity index (χ2n) is 7.14. The summed E-state index contributed by atoms with van der Waals surface area (Å²) in [5, 5.41) is 12.3. The summed E-state index contributed by atoms with van der Waals surface area (Å²) in [5.74, 6) is 0.940. The summed E-state index contributed by atoms with van der Waals surface area (Å²) in [6.45, 7) is 5.65. The summed E-state index contributed by atoms with van der Waals surface area (Å²) in [5.41, 5.74) is 1.25. The van der Waals surface area contributed by atoms with E-state index in [2.05, 4.69) is 77.3 Å². The van der Waals surface area contributed by atoms with E-state index in [-0.39, 0.29) is 35.9 Å². The molecule has 0 heterocycles. The number of aliphatic imine (C=N–C) groups is 1. The molecule has 1 aliphatic rings. The Labute approximate surface area is 184 Å². The number of guanidine groups is 1. The van der Waals surface area contributed by atoms with Gasteiger partial charge in [-0.2, -0.15) is 0 Å². The lowest BCUT2D eigenvalue weighted by Gasteiger charge is -2.19. The van der Waals surface area contributed by atoms with E-state index in [4.69, 9.17) is 0 Å². The molecule has 0 saturated heterocycles. The number of hydrogen-bond donors (Lipinski definition) is 3. The average molecular weight is 494 g/mol. The van der Waals surface area contributed by atoms with Gasteiger partial charge in [0.1, 0.15) is 0 Å². The zero-order valence-corrected chi connectivity index (χ0v) is 19.0. The Morgan fingerprint density at radius 2 is 1.93 bits per heavy atom. The van der Waals surface area contributed by atoms with Crippen molar-refractivity contribution < 1.29 is 4.79 Å². The predicted octanol–water partition coefficient (Wildman–Crippen LogP) is 4.13. The van der Waals surface area contributed by atoms with Crippen LogP contribution in [-0.4, -0.2) is 31.0 Å². The van der Waals surface area contributed by atoms with Crippen molar-refractivity contribution in [3.8, 4) is 0 Å². The highest BCUT2D eigenvalue weighted by Gasteiger charge is 2.22. The Bertz CT molecular complexity index is 799. The van der Waals surface area contributed by atoms with Gasteiger partial charge in [0, 0.05) is 25.6 Å². The lowest BCUT2D eigenvalue weighted by molar-refractivity contribution is -0.121. The fourth-order valence-electron chi connectivity index (χ4n) is 3.19. The number of nitrogens with zero attached hydrogens (tertiary/aromatic N) is 1. The molecular formula is C22H31IN4O. The number of rotatable bonds is 8. The van der Waals surface area contributed by atoms with Crippen molar-refractivity contribution in [2.75, 3.05) is 13.1 Å². The summed E-state index contributed by atoms with van der Waals surface area (Å²) in [6.07, 6.45) is 3.56. The summed E-state index contributed by atoms with van der Waals surface area (Å²) >= 11 is 0. The van der Waals surface area contributed by atoms with Crippen LogP contribution >= 0.6 is 24.0 Å². The van der Waals surface area contributed by atoms with E-state index >= 15 is 0 Å². The first-order valence-electron chi connectivity index (χ1n) is 9.99. The highest BCUT2D eigenvalue weighted by atomic mass is 127. The number of fused-ring (bicyclic) bond motifs is 1. The Morgan fingerprint density at radius 3 is 2.68 bits per heavy atom. The molecule has 1 amide bonds. The van der Waals surface area contributed by atoms with E-state index in [0.29, 0.717) is 19.0 Å². The van der Waals surface area contributed by atoms with Crippen molar-refractivity contribution in [1.82, 2.24) is 16.0 Å². The molecule has 1 unspecified atom stereocenters. The zero-order chi connectivity index (χ0) is 19.1. The van der Waals surface area contributed by atoms with Crippen molar-refractivity contribution in [2.24, 2.45) is 4.99 Å². The normalized spacial score (nSPS) is 14.9. The maximum Gasteiger partial charge on any atom is 0.220 e. The molecule has 1 atom stereocenters. The fourth-order valence-corrected chi connectivity index (χ4v) is 3.19. The molecule has 152 valence electrons. The Morgan fingerprint density at radius 1 is 1.18 bits per heavy atom. The number of carbonyl (C=O) groups is 1. The maximum absolute atomic E-state index is 11.8. The van der Waals surface area contributed by atoms with Crippen molar-refractivity contribution in [2.45, 2.75) is 51.6 Å². The fraction of sp³-hybridized carbons (Fsp3) is 0.455. The molecule has 6 heteroatoms. The molecule has 0 aromatic heterocycles. The third-order valence-electron chi connectivity index (χ3n) is 4.76. The van der Waals surface area contributed by atoms with Crippen LogP contribution in [0.3, 0.4) is 0 Å². The van der Waals surface area contributed by atoms with Gasteiger partial charge in [-0.05, 0) is 49.4 Å². The van der Waals surface area contributed by atoms with Gasteiger partial charge in [0.15, 0.2) is 5.96 Å².